The van der Waals surface area contributed by atoms with Crippen molar-refractivity contribution in [3.8, 4) is 28.7 Å². The van der Waals surface area contributed by atoms with E-state index >= 15 is 0 Å². The summed E-state index contributed by atoms with van der Waals surface area (Å²) in [5, 5.41) is 10.2. The van der Waals surface area contributed by atoms with E-state index in [2.05, 4.69) is 11.8 Å². The number of phenols is 1. The minimum absolute atomic E-state index is 0.00681. The van der Waals surface area contributed by atoms with Crippen molar-refractivity contribution in [1.29, 1.82) is 0 Å². The van der Waals surface area contributed by atoms with Gasteiger partial charge < -0.3 is 33.9 Å². The topological polar surface area (TPSA) is 97.8 Å². The lowest BCUT2D eigenvalue weighted by molar-refractivity contribution is -0.135. The summed E-state index contributed by atoms with van der Waals surface area (Å²) in [7, 11) is 4.61. The molecule has 0 aliphatic carbocycles. The van der Waals surface area contributed by atoms with Crippen LogP contribution < -0.4 is 18.9 Å². The molecule has 0 radical (unpaired) electrons. The van der Waals surface area contributed by atoms with Gasteiger partial charge in [0.25, 0.3) is 5.91 Å². The first-order chi connectivity index (χ1) is 20.8. The molecule has 1 aliphatic heterocycles. The summed E-state index contributed by atoms with van der Waals surface area (Å²) in [6.07, 6.45) is 6.85. The Morgan fingerprint density at radius 2 is 1.51 bits per heavy atom. The van der Waals surface area contributed by atoms with Crippen molar-refractivity contribution in [2.75, 3.05) is 60.7 Å². The van der Waals surface area contributed by atoms with Gasteiger partial charge in [-0.3, -0.25) is 9.59 Å². The van der Waals surface area contributed by atoms with Gasteiger partial charge in [-0.1, -0.05) is 31.2 Å². The lowest BCUT2D eigenvalue weighted by Gasteiger charge is -2.33. The van der Waals surface area contributed by atoms with Crippen LogP contribution >= 0.6 is 0 Å². The average Bonchev–Trinajstić information content (AvgIpc) is 3.05. The van der Waals surface area contributed by atoms with Gasteiger partial charge in [-0.25, -0.2) is 0 Å². The number of ether oxygens (including phenoxy) is 4. The standard InChI is InChI=1S/C34H38N2O7/c1-5-35-16-18-36(19-17-35)34(39)23-43-26-10-7-24(8-11-26)6-9-25-20-28(41-3)22-33(42-4)29(25)13-15-32(38)30-21-27(40-2)12-14-31(30)37/h6-15,20-22,37H,5,16-19,23H2,1-4H3/b9-6+,15-13+. The molecule has 0 saturated carbocycles. The van der Waals surface area contributed by atoms with E-state index in [1.54, 1.807) is 32.4 Å². The number of rotatable bonds is 12. The number of carbonyl (C=O) groups excluding carboxylic acids is 2. The molecule has 9 heteroatoms. The van der Waals surface area contributed by atoms with E-state index in [0.29, 0.717) is 28.6 Å². The number of hydrogen-bond donors (Lipinski definition) is 1. The Hall–Kier alpha value is -4.76. The Bertz CT molecular complexity index is 1470. The Labute approximate surface area is 252 Å². The van der Waals surface area contributed by atoms with Crippen LogP contribution in [0.25, 0.3) is 18.2 Å². The summed E-state index contributed by atoms with van der Waals surface area (Å²) >= 11 is 0. The zero-order valence-corrected chi connectivity index (χ0v) is 25.0. The van der Waals surface area contributed by atoms with E-state index in [9.17, 15) is 14.7 Å². The highest BCUT2D eigenvalue weighted by atomic mass is 16.5. The van der Waals surface area contributed by atoms with E-state index in [4.69, 9.17) is 18.9 Å². The van der Waals surface area contributed by atoms with Crippen molar-refractivity contribution in [2.24, 2.45) is 0 Å². The molecule has 0 aromatic heterocycles. The first-order valence-corrected chi connectivity index (χ1v) is 14.1. The molecule has 3 aromatic carbocycles. The summed E-state index contributed by atoms with van der Waals surface area (Å²) in [5.74, 6) is 1.66. The summed E-state index contributed by atoms with van der Waals surface area (Å²) in [5.41, 5.74) is 2.45. The molecule has 9 nitrogen and oxygen atoms in total. The molecule has 1 heterocycles. The molecule has 0 bridgehead atoms. The predicted molar refractivity (Wildman–Crippen MR) is 167 cm³/mol. The number of methoxy groups -OCH3 is 3. The smallest absolute Gasteiger partial charge is 0.260 e. The van der Waals surface area contributed by atoms with Gasteiger partial charge in [0.2, 0.25) is 0 Å². The molecular weight excluding hydrogens is 548 g/mol. The molecule has 3 aromatic rings. The zero-order chi connectivity index (χ0) is 30.8. The zero-order valence-electron chi connectivity index (χ0n) is 25.0. The Kier molecular flexibility index (Phi) is 10.8. The molecular formula is C34H38N2O7. The van der Waals surface area contributed by atoms with Crippen LogP contribution in [0.1, 0.15) is 34.0 Å². The Morgan fingerprint density at radius 3 is 2.16 bits per heavy atom. The number of phenolic OH excluding ortho intramolecular Hbond substituents is 1. The average molecular weight is 587 g/mol. The third-order valence-electron chi connectivity index (χ3n) is 7.34. The van der Waals surface area contributed by atoms with Gasteiger partial charge in [0.05, 0.1) is 26.9 Å². The van der Waals surface area contributed by atoms with Gasteiger partial charge in [0, 0.05) is 37.8 Å². The number of allylic oxidation sites excluding steroid dienone is 1. The molecule has 43 heavy (non-hydrogen) atoms. The molecule has 0 atom stereocenters. The molecule has 1 saturated heterocycles. The predicted octanol–water partition coefficient (Wildman–Crippen LogP) is 5.03. The molecule has 1 amide bonds. The first-order valence-electron chi connectivity index (χ1n) is 14.1. The molecule has 0 unspecified atom stereocenters. The minimum Gasteiger partial charge on any atom is -0.507 e. The number of hydrogen-bond acceptors (Lipinski definition) is 8. The maximum atomic E-state index is 12.9. The number of nitrogens with zero attached hydrogens (tertiary/aromatic N) is 2. The summed E-state index contributed by atoms with van der Waals surface area (Å²) in [6.45, 7) is 6.37. The van der Waals surface area contributed by atoms with E-state index in [1.807, 2.05) is 47.4 Å². The van der Waals surface area contributed by atoms with Crippen molar-refractivity contribution < 1.29 is 33.6 Å². The van der Waals surface area contributed by atoms with Crippen LogP contribution in [0.5, 0.6) is 28.7 Å². The van der Waals surface area contributed by atoms with Crippen molar-refractivity contribution in [1.82, 2.24) is 9.80 Å². The number of likely N-dealkylation sites (N-methyl/N-ethyl adjacent to an activating group) is 1. The largest absolute Gasteiger partial charge is 0.507 e. The van der Waals surface area contributed by atoms with Crippen molar-refractivity contribution in [2.45, 2.75) is 6.92 Å². The molecule has 226 valence electrons. The molecule has 1 fully saturated rings. The highest BCUT2D eigenvalue weighted by Crippen LogP contribution is 2.32. The fraction of sp³-hybridized carbons (Fsp3) is 0.294. The number of aromatic hydroxyl groups is 1. The van der Waals surface area contributed by atoms with E-state index in [1.165, 1.54) is 25.3 Å². The summed E-state index contributed by atoms with van der Waals surface area (Å²) in [4.78, 5) is 29.7. The van der Waals surface area contributed by atoms with E-state index in [0.717, 1.165) is 43.9 Å². The Balaban J connectivity index is 1.47. The van der Waals surface area contributed by atoms with Crippen LogP contribution in [0.3, 0.4) is 0 Å². The number of benzene rings is 3. The number of piperazine rings is 1. The number of amides is 1. The molecule has 4 rings (SSSR count). The van der Waals surface area contributed by atoms with Gasteiger partial charge in [0.1, 0.15) is 28.7 Å². The number of ketones is 1. The van der Waals surface area contributed by atoms with Gasteiger partial charge >= 0.3 is 0 Å². The second-order valence-corrected chi connectivity index (χ2v) is 9.92. The second-order valence-electron chi connectivity index (χ2n) is 9.92. The van der Waals surface area contributed by atoms with Gasteiger partial charge in [-0.05, 0) is 66.2 Å². The van der Waals surface area contributed by atoms with Gasteiger partial charge in [0.15, 0.2) is 12.4 Å². The van der Waals surface area contributed by atoms with E-state index in [-0.39, 0.29) is 29.6 Å². The quantitative estimate of drug-likeness (QED) is 0.179. The third-order valence-corrected chi connectivity index (χ3v) is 7.34. The summed E-state index contributed by atoms with van der Waals surface area (Å²) in [6, 6.07) is 15.5. The molecule has 1 N–H and O–H groups in total. The van der Waals surface area contributed by atoms with Crippen molar-refractivity contribution in [3.05, 3.63) is 82.9 Å². The lowest BCUT2D eigenvalue weighted by atomic mass is 10.0. The van der Waals surface area contributed by atoms with Gasteiger partial charge in [-0.15, -0.1) is 0 Å². The lowest BCUT2D eigenvalue weighted by Crippen LogP contribution is -2.49. The van der Waals surface area contributed by atoms with Crippen LogP contribution in [0, 0.1) is 0 Å². The van der Waals surface area contributed by atoms with Crippen LogP contribution in [0.4, 0.5) is 0 Å². The normalized spacial score (nSPS) is 13.8. The SMILES string of the molecule is CCN1CCN(C(=O)COc2ccc(/C=C/c3cc(OC)cc(OC)c3/C=C/C(=O)c3cc(OC)ccc3O)cc2)CC1. The summed E-state index contributed by atoms with van der Waals surface area (Å²) < 4.78 is 22.0. The fourth-order valence-corrected chi connectivity index (χ4v) is 4.72. The van der Waals surface area contributed by atoms with E-state index < -0.39 is 0 Å². The monoisotopic (exact) mass is 586 g/mol. The first kappa shape index (κ1) is 31.2. The van der Waals surface area contributed by atoms with Crippen molar-refractivity contribution in [3.63, 3.8) is 0 Å². The fourth-order valence-electron chi connectivity index (χ4n) is 4.72. The van der Waals surface area contributed by atoms with Crippen LogP contribution in [-0.2, 0) is 4.79 Å². The van der Waals surface area contributed by atoms with Gasteiger partial charge in [-0.2, -0.15) is 0 Å². The molecule has 0 spiro atoms. The Morgan fingerprint density at radius 1 is 0.814 bits per heavy atom. The van der Waals surface area contributed by atoms with Crippen LogP contribution in [-0.4, -0.2) is 87.3 Å². The van der Waals surface area contributed by atoms with Crippen molar-refractivity contribution >= 4 is 29.9 Å². The molecule has 1 aliphatic rings. The maximum absolute atomic E-state index is 12.9. The third kappa shape index (κ3) is 8.17. The highest BCUT2D eigenvalue weighted by molar-refractivity contribution is 6.09. The highest BCUT2D eigenvalue weighted by Gasteiger charge is 2.20. The number of carbonyl (C=O) groups is 2. The second kappa shape index (κ2) is 14.9. The minimum atomic E-state index is -0.388. The maximum Gasteiger partial charge on any atom is 0.260 e. The van der Waals surface area contributed by atoms with Crippen LogP contribution in [0.2, 0.25) is 0 Å². The van der Waals surface area contributed by atoms with Crippen LogP contribution in [0.15, 0.2) is 60.7 Å².